The topological polar surface area (TPSA) is 51.8 Å². The van der Waals surface area contributed by atoms with Gasteiger partial charge in [-0.05, 0) is 19.1 Å². The quantitative estimate of drug-likeness (QED) is 0.733. The number of halogens is 1. The zero-order valence-electron chi connectivity index (χ0n) is 8.90. The molecule has 0 radical (unpaired) electrons. The van der Waals surface area contributed by atoms with E-state index in [-0.39, 0.29) is 5.82 Å². The Morgan fingerprint density at radius 1 is 1.24 bits per heavy atom. The maximum absolute atomic E-state index is 13.1. The van der Waals surface area contributed by atoms with E-state index >= 15 is 0 Å². The Labute approximate surface area is 105 Å². The first-order valence-corrected chi connectivity index (χ1v) is 6.56. The number of nitrogen functional groups attached to an aromatic ring is 1. The van der Waals surface area contributed by atoms with Crippen LogP contribution in [0.3, 0.4) is 0 Å². The minimum absolute atomic E-state index is 0.269. The molecule has 17 heavy (non-hydrogen) atoms. The van der Waals surface area contributed by atoms with Gasteiger partial charge in [0, 0.05) is 6.07 Å². The van der Waals surface area contributed by atoms with Gasteiger partial charge in [-0.1, -0.05) is 11.3 Å². The summed E-state index contributed by atoms with van der Waals surface area (Å²) >= 11 is 2.93. The molecular weight excluding hydrogens is 257 g/mol. The van der Waals surface area contributed by atoms with Crippen LogP contribution in [0.25, 0.3) is 20.1 Å². The lowest BCUT2D eigenvalue weighted by molar-refractivity contribution is 0.629. The number of fused-ring (bicyclic) bond motifs is 1. The van der Waals surface area contributed by atoms with E-state index in [1.54, 1.807) is 6.07 Å². The zero-order chi connectivity index (χ0) is 12.0. The van der Waals surface area contributed by atoms with Crippen molar-refractivity contribution in [3.8, 4) is 9.88 Å². The van der Waals surface area contributed by atoms with Gasteiger partial charge in [-0.15, -0.1) is 11.3 Å². The highest BCUT2D eigenvalue weighted by Gasteiger charge is 2.13. The summed E-state index contributed by atoms with van der Waals surface area (Å²) in [6, 6.07) is 4.62. The van der Waals surface area contributed by atoms with Gasteiger partial charge >= 0.3 is 0 Å². The highest BCUT2D eigenvalue weighted by atomic mass is 32.1. The van der Waals surface area contributed by atoms with Gasteiger partial charge in [-0.2, -0.15) is 0 Å². The zero-order valence-corrected chi connectivity index (χ0v) is 10.5. The average molecular weight is 265 g/mol. The standard InChI is InChI=1S/C11H8FN3S2/c1-5-9(17-11(13)14-5)10-15-7-4-6(12)2-3-8(7)16-10/h2-4H,1H3,(H2,13,14). The number of aromatic nitrogens is 2. The molecule has 0 bridgehead atoms. The van der Waals surface area contributed by atoms with Gasteiger partial charge in [-0.25, -0.2) is 14.4 Å². The first-order valence-electron chi connectivity index (χ1n) is 4.93. The molecule has 0 aliphatic rings. The molecule has 3 aromatic rings. The molecule has 0 unspecified atom stereocenters. The second kappa shape index (κ2) is 3.75. The maximum atomic E-state index is 13.1. The fourth-order valence-electron chi connectivity index (χ4n) is 1.61. The summed E-state index contributed by atoms with van der Waals surface area (Å²) in [6.45, 7) is 1.90. The predicted octanol–water partition coefficient (Wildman–Crippen LogP) is 3.45. The van der Waals surface area contributed by atoms with Crippen molar-refractivity contribution in [3.05, 3.63) is 29.7 Å². The number of hydrogen-bond donors (Lipinski definition) is 1. The van der Waals surface area contributed by atoms with E-state index in [1.807, 2.05) is 6.92 Å². The SMILES string of the molecule is Cc1nc(N)sc1-c1nc2cc(F)ccc2s1. The molecule has 0 saturated heterocycles. The van der Waals surface area contributed by atoms with E-state index in [9.17, 15) is 4.39 Å². The van der Waals surface area contributed by atoms with Gasteiger partial charge < -0.3 is 5.73 Å². The van der Waals surface area contributed by atoms with Crippen LogP contribution in [0, 0.1) is 12.7 Å². The Balaban J connectivity index is 2.21. The number of nitrogens with zero attached hydrogens (tertiary/aromatic N) is 2. The largest absolute Gasteiger partial charge is 0.375 e. The monoisotopic (exact) mass is 265 g/mol. The third kappa shape index (κ3) is 1.79. The molecule has 0 fully saturated rings. The van der Waals surface area contributed by atoms with Crippen molar-refractivity contribution in [2.24, 2.45) is 0 Å². The highest BCUT2D eigenvalue weighted by Crippen LogP contribution is 2.36. The fourth-order valence-corrected chi connectivity index (χ4v) is 3.52. The molecule has 86 valence electrons. The van der Waals surface area contributed by atoms with Crippen molar-refractivity contribution in [3.63, 3.8) is 0 Å². The first kappa shape index (κ1) is 10.6. The molecule has 2 aromatic heterocycles. The Morgan fingerprint density at radius 2 is 2.06 bits per heavy atom. The normalized spacial score (nSPS) is 11.2. The van der Waals surface area contributed by atoms with E-state index in [2.05, 4.69) is 9.97 Å². The van der Waals surface area contributed by atoms with Gasteiger partial charge in [0.25, 0.3) is 0 Å². The van der Waals surface area contributed by atoms with Gasteiger partial charge in [0.05, 0.1) is 20.8 Å². The van der Waals surface area contributed by atoms with Crippen molar-refractivity contribution >= 4 is 38.0 Å². The molecule has 2 heterocycles. The summed E-state index contributed by atoms with van der Waals surface area (Å²) < 4.78 is 14.0. The van der Waals surface area contributed by atoms with Gasteiger partial charge in [0.2, 0.25) is 0 Å². The van der Waals surface area contributed by atoms with Crippen LogP contribution in [-0.4, -0.2) is 9.97 Å². The Bertz CT molecular complexity index is 702. The second-order valence-corrected chi connectivity index (χ2v) is 5.66. The van der Waals surface area contributed by atoms with Gasteiger partial charge in [-0.3, -0.25) is 0 Å². The Morgan fingerprint density at radius 3 is 2.76 bits per heavy atom. The van der Waals surface area contributed by atoms with Gasteiger partial charge in [0.15, 0.2) is 5.13 Å². The maximum Gasteiger partial charge on any atom is 0.180 e. The summed E-state index contributed by atoms with van der Waals surface area (Å²) in [5, 5.41) is 1.38. The predicted molar refractivity (Wildman–Crippen MR) is 69.8 cm³/mol. The Kier molecular flexibility index (Phi) is 2.34. The number of anilines is 1. The summed E-state index contributed by atoms with van der Waals surface area (Å²) in [7, 11) is 0. The second-order valence-electron chi connectivity index (χ2n) is 3.60. The third-order valence-corrected chi connectivity index (χ3v) is 4.53. The third-order valence-electron chi connectivity index (χ3n) is 2.36. The average Bonchev–Trinajstić information content (AvgIpc) is 2.80. The van der Waals surface area contributed by atoms with E-state index in [0.717, 1.165) is 20.3 Å². The number of hydrogen-bond acceptors (Lipinski definition) is 5. The van der Waals surface area contributed by atoms with Gasteiger partial charge in [0.1, 0.15) is 10.8 Å². The summed E-state index contributed by atoms with van der Waals surface area (Å²) in [6.07, 6.45) is 0. The van der Waals surface area contributed by atoms with Crippen molar-refractivity contribution in [2.45, 2.75) is 6.92 Å². The number of rotatable bonds is 1. The van der Waals surface area contributed by atoms with Crippen molar-refractivity contribution in [1.29, 1.82) is 0 Å². The minimum Gasteiger partial charge on any atom is -0.375 e. The van der Waals surface area contributed by atoms with E-state index in [4.69, 9.17) is 5.73 Å². The lowest BCUT2D eigenvalue weighted by atomic mass is 10.3. The summed E-state index contributed by atoms with van der Waals surface area (Å²) in [4.78, 5) is 9.54. The van der Waals surface area contributed by atoms with Crippen LogP contribution in [0.2, 0.25) is 0 Å². The molecule has 3 nitrogen and oxygen atoms in total. The Hall–Kier alpha value is -1.53. The number of aryl methyl sites for hydroxylation is 1. The van der Waals surface area contributed by atoms with E-state index in [0.29, 0.717) is 10.6 Å². The van der Waals surface area contributed by atoms with E-state index < -0.39 is 0 Å². The smallest absolute Gasteiger partial charge is 0.180 e. The number of thiazole rings is 2. The highest BCUT2D eigenvalue weighted by molar-refractivity contribution is 7.26. The first-order chi connectivity index (χ1) is 8.13. The van der Waals surface area contributed by atoms with E-state index in [1.165, 1.54) is 34.8 Å². The minimum atomic E-state index is -0.269. The fraction of sp³-hybridized carbons (Fsp3) is 0.0909. The van der Waals surface area contributed by atoms with Crippen LogP contribution >= 0.6 is 22.7 Å². The molecule has 6 heteroatoms. The van der Waals surface area contributed by atoms with Crippen molar-refractivity contribution < 1.29 is 4.39 Å². The molecule has 0 aliphatic carbocycles. The number of nitrogens with two attached hydrogens (primary N) is 1. The molecule has 0 saturated carbocycles. The number of benzene rings is 1. The summed E-state index contributed by atoms with van der Waals surface area (Å²) in [5.74, 6) is -0.269. The van der Waals surface area contributed by atoms with Crippen molar-refractivity contribution in [2.75, 3.05) is 5.73 Å². The van der Waals surface area contributed by atoms with Crippen molar-refractivity contribution in [1.82, 2.24) is 9.97 Å². The lowest BCUT2D eigenvalue weighted by Gasteiger charge is -1.88. The molecule has 0 atom stereocenters. The van der Waals surface area contributed by atoms with Crippen LogP contribution in [0.15, 0.2) is 18.2 Å². The molecule has 3 rings (SSSR count). The molecule has 0 amide bonds. The molecule has 1 aromatic carbocycles. The lowest BCUT2D eigenvalue weighted by Crippen LogP contribution is -1.80. The van der Waals surface area contributed by atoms with Crippen LogP contribution in [0.1, 0.15) is 5.69 Å². The summed E-state index contributed by atoms with van der Waals surface area (Å²) in [5.41, 5.74) is 7.20. The van der Waals surface area contributed by atoms with Crippen LogP contribution < -0.4 is 5.73 Å². The molecule has 0 spiro atoms. The van der Waals surface area contributed by atoms with Crippen LogP contribution in [-0.2, 0) is 0 Å². The molecule has 2 N–H and O–H groups in total. The molecular formula is C11H8FN3S2. The van der Waals surface area contributed by atoms with Crippen LogP contribution in [0.5, 0.6) is 0 Å². The molecule has 0 aliphatic heterocycles. The van der Waals surface area contributed by atoms with Crippen LogP contribution in [0.4, 0.5) is 9.52 Å².